The summed E-state index contributed by atoms with van der Waals surface area (Å²) in [4.78, 5) is 19.5. The maximum atomic E-state index is 12.7. The predicted octanol–water partition coefficient (Wildman–Crippen LogP) is 4.51. The molecule has 1 aliphatic heterocycles. The Morgan fingerprint density at radius 3 is 2.15 bits per heavy atom. The lowest BCUT2D eigenvalue weighted by atomic mass is 10.1. The zero-order valence-electron chi connectivity index (χ0n) is 19.1. The van der Waals surface area contributed by atoms with Gasteiger partial charge in [0.05, 0.1) is 10.6 Å². The molecule has 170 valence electrons. The van der Waals surface area contributed by atoms with E-state index in [1.165, 1.54) is 22.5 Å². The first-order valence-electron chi connectivity index (χ1n) is 11.4. The average Bonchev–Trinajstić information content (AvgIpc) is 3.38. The largest absolute Gasteiger partial charge is 0.321 e. The first-order valence-corrected chi connectivity index (χ1v) is 12.2. The van der Waals surface area contributed by atoms with Crippen LogP contribution in [0.5, 0.6) is 0 Å². The second kappa shape index (κ2) is 9.47. The first-order chi connectivity index (χ1) is 16.0. The molecule has 0 spiro atoms. The predicted molar refractivity (Wildman–Crippen MR) is 135 cm³/mol. The minimum absolute atomic E-state index is 0.0714. The van der Waals surface area contributed by atoms with Crippen LogP contribution in [0.4, 0.5) is 5.69 Å². The Balaban J connectivity index is 1.13. The SMILES string of the molecule is Cc1nn(C)c2sc(C(=O)Nc3ccc(CN4CCN(Cc5ccccc5)CC4)cc3)cc12. The summed E-state index contributed by atoms with van der Waals surface area (Å²) in [7, 11) is 1.91. The number of fused-ring (bicyclic) bond motifs is 1. The van der Waals surface area contributed by atoms with E-state index >= 15 is 0 Å². The van der Waals surface area contributed by atoms with Crippen LogP contribution in [0.15, 0.2) is 60.7 Å². The number of anilines is 1. The molecule has 4 aromatic rings. The topological polar surface area (TPSA) is 53.4 Å². The first kappa shape index (κ1) is 21.8. The van der Waals surface area contributed by atoms with Gasteiger partial charge in [-0.05, 0) is 36.2 Å². The summed E-state index contributed by atoms with van der Waals surface area (Å²) in [6.45, 7) is 8.27. The van der Waals surface area contributed by atoms with Gasteiger partial charge in [0, 0.05) is 57.4 Å². The summed E-state index contributed by atoms with van der Waals surface area (Å²) in [5.74, 6) is -0.0714. The number of benzene rings is 2. The van der Waals surface area contributed by atoms with Crippen LogP contribution in [0.1, 0.15) is 26.5 Å². The molecule has 5 rings (SSSR count). The molecule has 1 fully saturated rings. The fourth-order valence-corrected chi connectivity index (χ4v) is 5.43. The van der Waals surface area contributed by atoms with Gasteiger partial charge < -0.3 is 5.32 Å². The Kier molecular flexibility index (Phi) is 6.26. The normalized spacial score (nSPS) is 15.2. The highest BCUT2D eigenvalue weighted by Crippen LogP contribution is 2.28. The maximum absolute atomic E-state index is 12.7. The number of carbonyl (C=O) groups is 1. The highest BCUT2D eigenvalue weighted by Gasteiger charge is 2.18. The molecule has 0 radical (unpaired) electrons. The van der Waals surface area contributed by atoms with E-state index in [9.17, 15) is 4.79 Å². The zero-order valence-corrected chi connectivity index (χ0v) is 19.9. The van der Waals surface area contributed by atoms with E-state index in [1.807, 2.05) is 36.9 Å². The van der Waals surface area contributed by atoms with Crippen LogP contribution in [-0.2, 0) is 20.1 Å². The van der Waals surface area contributed by atoms with E-state index in [2.05, 4.69) is 62.7 Å². The minimum atomic E-state index is -0.0714. The summed E-state index contributed by atoms with van der Waals surface area (Å²) >= 11 is 1.48. The number of aryl methyl sites for hydroxylation is 2. The molecule has 2 aromatic heterocycles. The lowest BCUT2D eigenvalue weighted by Gasteiger charge is -2.34. The Hall–Kier alpha value is -3.00. The van der Waals surface area contributed by atoms with Crippen molar-refractivity contribution in [1.29, 1.82) is 0 Å². The Labute approximate surface area is 198 Å². The minimum Gasteiger partial charge on any atom is -0.321 e. The molecule has 1 N–H and O–H groups in total. The molecule has 0 saturated carbocycles. The van der Waals surface area contributed by atoms with Gasteiger partial charge in [-0.3, -0.25) is 19.3 Å². The van der Waals surface area contributed by atoms with Crippen molar-refractivity contribution in [3.8, 4) is 0 Å². The maximum Gasteiger partial charge on any atom is 0.265 e. The molecule has 0 aliphatic carbocycles. The number of nitrogens with one attached hydrogen (secondary N) is 1. The van der Waals surface area contributed by atoms with E-state index < -0.39 is 0 Å². The Morgan fingerprint density at radius 2 is 1.55 bits per heavy atom. The van der Waals surface area contributed by atoms with Crippen LogP contribution in [0.25, 0.3) is 10.2 Å². The summed E-state index contributed by atoms with van der Waals surface area (Å²) in [5, 5.41) is 8.48. The number of aromatic nitrogens is 2. The van der Waals surface area contributed by atoms with Crippen LogP contribution in [0.2, 0.25) is 0 Å². The average molecular weight is 460 g/mol. The third kappa shape index (κ3) is 5.00. The van der Waals surface area contributed by atoms with E-state index in [0.29, 0.717) is 4.88 Å². The van der Waals surface area contributed by atoms with Crippen LogP contribution in [-0.4, -0.2) is 51.7 Å². The molecule has 1 saturated heterocycles. The number of amides is 1. The van der Waals surface area contributed by atoms with Gasteiger partial charge >= 0.3 is 0 Å². The van der Waals surface area contributed by atoms with Gasteiger partial charge in [0.25, 0.3) is 5.91 Å². The van der Waals surface area contributed by atoms with Crippen LogP contribution < -0.4 is 5.32 Å². The standard InChI is InChI=1S/C26H29N5OS/c1-19-23-16-24(33-26(23)29(2)28-19)25(32)27-22-10-8-21(9-11-22)18-31-14-12-30(13-15-31)17-20-6-4-3-5-7-20/h3-11,16H,12-15,17-18H2,1-2H3,(H,27,32). The van der Waals surface area contributed by atoms with Gasteiger partial charge in [0.15, 0.2) is 0 Å². The van der Waals surface area contributed by atoms with Gasteiger partial charge in [-0.25, -0.2) is 0 Å². The number of nitrogens with zero attached hydrogens (tertiary/aromatic N) is 4. The Morgan fingerprint density at radius 1 is 0.939 bits per heavy atom. The lowest BCUT2D eigenvalue weighted by Crippen LogP contribution is -2.45. The van der Waals surface area contributed by atoms with Crippen molar-refractivity contribution in [1.82, 2.24) is 19.6 Å². The molecule has 3 heterocycles. The molecular weight excluding hydrogens is 430 g/mol. The highest BCUT2D eigenvalue weighted by atomic mass is 32.1. The quantitative estimate of drug-likeness (QED) is 0.461. The fourth-order valence-electron chi connectivity index (χ4n) is 4.41. The van der Waals surface area contributed by atoms with Gasteiger partial charge in [0.1, 0.15) is 4.83 Å². The van der Waals surface area contributed by atoms with Crippen molar-refractivity contribution in [3.05, 3.63) is 82.4 Å². The molecule has 6 nitrogen and oxygen atoms in total. The molecule has 0 unspecified atom stereocenters. The second-order valence-corrected chi connectivity index (χ2v) is 9.76. The number of piperazine rings is 1. The van der Waals surface area contributed by atoms with Crippen LogP contribution >= 0.6 is 11.3 Å². The number of thiophene rings is 1. The lowest BCUT2D eigenvalue weighted by molar-refractivity contribution is 0.103. The molecule has 0 bridgehead atoms. The van der Waals surface area contributed by atoms with Crippen molar-refractivity contribution >= 4 is 33.1 Å². The van der Waals surface area contributed by atoms with E-state index in [-0.39, 0.29) is 5.91 Å². The highest BCUT2D eigenvalue weighted by molar-refractivity contribution is 7.20. The van der Waals surface area contributed by atoms with Crippen molar-refractivity contribution in [2.45, 2.75) is 20.0 Å². The monoisotopic (exact) mass is 459 g/mol. The van der Waals surface area contributed by atoms with Crippen LogP contribution in [0.3, 0.4) is 0 Å². The summed E-state index contributed by atoms with van der Waals surface area (Å²) in [5.41, 5.74) is 4.43. The van der Waals surface area contributed by atoms with Gasteiger partial charge in [0.2, 0.25) is 0 Å². The van der Waals surface area contributed by atoms with Crippen molar-refractivity contribution in [2.75, 3.05) is 31.5 Å². The number of hydrogen-bond donors (Lipinski definition) is 1. The number of hydrogen-bond acceptors (Lipinski definition) is 5. The summed E-state index contributed by atoms with van der Waals surface area (Å²) in [6.07, 6.45) is 0. The fraction of sp³-hybridized carbons (Fsp3) is 0.308. The molecule has 1 amide bonds. The zero-order chi connectivity index (χ0) is 22.8. The third-order valence-corrected chi connectivity index (χ3v) is 7.45. The van der Waals surface area contributed by atoms with E-state index in [4.69, 9.17) is 0 Å². The van der Waals surface area contributed by atoms with Crippen molar-refractivity contribution in [2.24, 2.45) is 7.05 Å². The molecule has 1 aliphatic rings. The van der Waals surface area contributed by atoms with Gasteiger partial charge in [-0.1, -0.05) is 42.5 Å². The third-order valence-electron chi connectivity index (χ3n) is 6.25. The summed E-state index contributed by atoms with van der Waals surface area (Å²) < 4.78 is 1.84. The van der Waals surface area contributed by atoms with Gasteiger partial charge in [-0.15, -0.1) is 11.3 Å². The molecule has 33 heavy (non-hydrogen) atoms. The van der Waals surface area contributed by atoms with E-state index in [0.717, 1.165) is 60.9 Å². The smallest absolute Gasteiger partial charge is 0.265 e. The number of carbonyl (C=O) groups excluding carboxylic acids is 1. The second-order valence-electron chi connectivity index (χ2n) is 8.73. The molecule has 7 heteroatoms. The molecular formula is C26H29N5OS. The molecule has 2 aromatic carbocycles. The number of rotatable bonds is 6. The van der Waals surface area contributed by atoms with Crippen LogP contribution in [0, 0.1) is 6.92 Å². The van der Waals surface area contributed by atoms with Crippen molar-refractivity contribution < 1.29 is 4.79 Å². The van der Waals surface area contributed by atoms with Gasteiger partial charge in [-0.2, -0.15) is 5.10 Å². The van der Waals surface area contributed by atoms with Crippen molar-refractivity contribution in [3.63, 3.8) is 0 Å². The Bertz CT molecular complexity index is 1200. The van der Waals surface area contributed by atoms with E-state index in [1.54, 1.807) is 0 Å². The molecule has 0 atom stereocenters. The summed E-state index contributed by atoms with van der Waals surface area (Å²) in [6, 6.07) is 20.9.